The predicted molar refractivity (Wildman–Crippen MR) is 131 cm³/mol. The second-order valence-electron chi connectivity index (χ2n) is 11.0. The van der Waals surface area contributed by atoms with E-state index in [9.17, 15) is 0 Å². The third-order valence-corrected chi connectivity index (χ3v) is 5.55. The number of hydrogen-bond acceptors (Lipinski definition) is 2. The third-order valence-electron chi connectivity index (χ3n) is 5.55. The molecule has 0 bridgehead atoms. The molecule has 188 valence electrons. The average molecular weight is 682 g/mol. The number of halogens is 2. The molecular formula is C27H44I2N2O2. The van der Waals surface area contributed by atoms with Crippen LogP contribution in [0.4, 0.5) is 0 Å². The second-order valence-corrected chi connectivity index (χ2v) is 11.0. The van der Waals surface area contributed by atoms with Crippen molar-refractivity contribution < 1.29 is 66.4 Å². The molecule has 0 saturated carbocycles. The van der Waals surface area contributed by atoms with Crippen molar-refractivity contribution in [1.82, 2.24) is 0 Å². The molecule has 0 aliphatic rings. The molecule has 1 unspecified atom stereocenters. The van der Waals surface area contributed by atoms with Gasteiger partial charge in [-0.05, 0) is 53.6 Å². The van der Waals surface area contributed by atoms with Gasteiger partial charge in [0.25, 0.3) is 0 Å². The van der Waals surface area contributed by atoms with E-state index in [0.29, 0.717) is 11.8 Å². The molecule has 0 aromatic heterocycles. The number of benzene rings is 2. The monoisotopic (exact) mass is 682 g/mol. The molecule has 33 heavy (non-hydrogen) atoms. The normalized spacial score (nSPS) is 12.5. The van der Waals surface area contributed by atoms with Gasteiger partial charge in [0, 0.05) is 0 Å². The topological polar surface area (TPSA) is 18.5 Å². The van der Waals surface area contributed by atoms with Gasteiger partial charge in [0.15, 0.2) is 0 Å². The molecule has 0 spiro atoms. The maximum absolute atomic E-state index is 5.93. The summed E-state index contributed by atoms with van der Waals surface area (Å²) in [6, 6.07) is 17.3. The van der Waals surface area contributed by atoms with Crippen LogP contribution in [0, 0.1) is 5.92 Å². The van der Waals surface area contributed by atoms with E-state index >= 15 is 0 Å². The first kappa shape index (κ1) is 32.4. The third kappa shape index (κ3) is 13.2. The molecule has 0 radical (unpaired) electrons. The van der Waals surface area contributed by atoms with Crippen molar-refractivity contribution >= 4 is 0 Å². The van der Waals surface area contributed by atoms with Gasteiger partial charge in [-0.3, -0.25) is 0 Å². The van der Waals surface area contributed by atoms with E-state index in [1.165, 1.54) is 11.1 Å². The molecular weight excluding hydrogens is 638 g/mol. The van der Waals surface area contributed by atoms with Crippen LogP contribution >= 0.6 is 0 Å². The number of quaternary nitrogens is 2. The van der Waals surface area contributed by atoms with E-state index in [4.69, 9.17) is 9.47 Å². The fourth-order valence-corrected chi connectivity index (χ4v) is 3.40. The van der Waals surface area contributed by atoms with Gasteiger partial charge >= 0.3 is 0 Å². The first-order valence-electron chi connectivity index (χ1n) is 11.5. The summed E-state index contributed by atoms with van der Waals surface area (Å²) in [7, 11) is 13.1. The highest BCUT2D eigenvalue weighted by Crippen LogP contribution is 2.30. The Morgan fingerprint density at radius 1 is 0.636 bits per heavy atom. The molecule has 4 nitrogen and oxygen atoms in total. The van der Waals surface area contributed by atoms with Crippen molar-refractivity contribution in [2.24, 2.45) is 5.92 Å². The van der Waals surface area contributed by atoms with E-state index < -0.39 is 0 Å². The van der Waals surface area contributed by atoms with Gasteiger partial charge in [-0.25, -0.2) is 0 Å². The van der Waals surface area contributed by atoms with Gasteiger partial charge in [-0.1, -0.05) is 38.1 Å². The second kappa shape index (κ2) is 14.7. The summed E-state index contributed by atoms with van der Waals surface area (Å²) < 4.78 is 13.7. The summed E-state index contributed by atoms with van der Waals surface area (Å²) in [5, 5.41) is 0. The van der Waals surface area contributed by atoms with Crippen molar-refractivity contribution in [3.8, 4) is 11.5 Å². The Balaban J connectivity index is 0.00000512. The minimum Gasteiger partial charge on any atom is -1.00 e. The number of nitrogens with zero attached hydrogens (tertiary/aromatic N) is 2. The SMILES string of the molecule is CC(C)C(Cc1ccc(OCC[N+](C)(C)C)cc1)c1ccc(OCC[N+](C)(C)C)cc1.[I-].[I-]. The standard InChI is InChI=1S/C27H44N2O2.2HI/c1-22(2)27(24-11-15-26(16-12-24)31-20-18-29(6,7)8)21-23-9-13-25(14-10-23)30-19-17-28(3,4)5;;/h9-16,22,27H,17-21H2,1-8H3;2*1H/q+2;;/p-2. The van der Waals surface area contributed by atoms with E-state index in [1.54, 1.807) is 0 Å². The zero-order valence-electron chi connectivity index (χ0n) is 21.8. The van der Waals surface area contributed by atoms with Crippen LogP contribution in [0.5, 0.6) is 11.5 Å². The maximum Gasteiger partial charge on any atom is 0.137 e. The lowest BCUT2D eigenvalue weighted by Crippen LogP contribution is -3.00. The van der Waals surface area contributed by atoms with Gasteiger partial charge in [0.1, 0.15) is 37.8 Å². The molecule has 2 aromatic carbocycles. The smallest absolute Gasteiger partial charge is 0.137 e. The zero-order chi connectivity index (χ0) is 23.1. The Labute approximate surface area is 236 Å². The van der Waals surface area contributed by atoms with Crippen LogP contribution in [0.2, 0.25) is 0 Å². The van der Waals surface area contributed by atoms with Gasteiger partial charge in [0.2, 0.25) is 0 Å². The summed E-state index contributed by atoms with van der Waals surface area (Å²) in [6.45, 7) is 8.06. The van der Waals surface area contributed by atoms with E-state index in [1.807, 2.05) is 0 Å². The van der Waals surface area contributed by atoms with E-state index in [2.05, 4.69) is 105 Å². The molecule has 0 saturated heterocycles. The first-order chi connectivity index (χ1) is 14.4. The zero-order valence-corrected chi connectivity index (χ0v) is 26.1. The Morgan fingerprint density at radius 3 is 1.39 bits per heavy atom. The number of hydrogen-bond donors (Lipinski definition) is 0. The molecule has 0 amide bonds. The summed E-state index contributed by atoms with van der Waals surface area (Å²) in [6.07, 6.45) is 1.03. The van der Waals surface area contributed by atoms with Crippen LogP contribution in [0.3, 0.4) is 0 Å². The Kier molecular flexibility index (Phi) is 14.5. The molecule has 6 heteroatoms. The van der Waals surface area contributed by atoms with Crippen molar-refractivity contribution in [2.75, 3.05) is 68.6 Å². The highest BCUT2D eigenvalue weighted by atomic mass is 127. The van der Waals surface area contributed by atoms with Gasteiger partial charge in [-0.2, -0.15) is 0 Å². The average Bonchev–Trinajstić information content (AvgIpc) is 2.66. The molecule has 1 atom stereocenters. The molecule has 0 fully saturated rings. The van der Waals surface area contributed by atoms with Crippen LogP contribution < -0.4 is 57.4 Å². The van der Waals surface area contributed by atoms with Gasteiger partial charge < -0.3 is 66.4 Å². The Hall–Kier alpha value is -0.580. The molecule has 0 aliphatic heterocycles. The summed E-state index contributed by atoms with van der Waals surface area (Å²) >= 11 is 0. The lowest BCUT2D eigenvalue weighted by Gasteiger charge is -2.24. The molecule has 0 N–H and O–H groups in total. The largest absolute Gasteiger partial charge is 1.00 e. The summed E-state index contributed by atoms with van der Waals surface area (Å²) in [5.41, 5.74) is 2.72. The molecule has 0 aliphatic carbocycles. The van der Waals surface area contributed by atoms with E-state index in [-0.39, 0.29) is 48.0 Å². The Morgan fingerprint density at radius 2 is 1.03 bits per heavy atom. The lowest BCUT2D eigenvalue weighted by molar-refractivity contribution is -0.870. The van der Waals surface area contributed by atoms with Crippen LogP contribution in [0.1, 0.15) is 30.9 Å². The van der Waals surface area contributed by atoms with Crippen molar-refractivity contribution in [1.29, 1.82) is 0 Å². The number of likely N-dealkylation sites (N-methyl/N-ethyl adjacent to an activating group) is 2. The molecule has 0 heterocycles. The fraction of sp³-hybridized carbons (Fsp3) is 0.556. The minimum atomic E-state index is 0. The highest BCUT2D eigenvalue weighted by molar-refractivity contribution is 5.33. The van der Waals surface area contributed by atoms with Crippen LogP contribution in [-0.4, -0.2) is 77.6 Å². The number of rotatable bonds is 12. The summed E-state index contributed by atoms with van der Waals surface area (Å²) in [4.78, 5) is 0. The number of ether oxygens (including phenoxy) is 2. The molecule has 2 aromatic rings. The van der Waals surface area contributed by atoms with Crippen LogP contribution in [0.25, 0.3) is 0 Å². The highest BCUT2D eigenvalue weighted by Gasteiger charge is 2.17. The lowest BCUT2D eigenvalue weighted by atomic mass is 9.83. The maximum atomic E-state index is 5.93. The van der Waals surface area contributed by atoms with Crippen LogP contribution in [0.15, 0.2) is 48.5 Å². The summed E-state index contributed by atoms with van der Waals surface area (Å²) in [5.74, 6) is 2.94. The van der Waals surface area contributed by atoms with Gasteiger partial charge in [0.05, 0.1) is 42.3 Å². The fourth-order valence-electron chi connectivity index (χ4n) is 3.40. The minimum absolute atomic E-state index is 0. The predicted octanol–water partition coefficient (Wildman–Crippen LogP) is -1.15. The molecule has 2 rings (SSSR count). The van der Waals surface area contributed by atoms with Crippen molar-refractivity contribution in [2.45, 2.75) is 26.2 Å². The van der Waals surface area contributed by atoms with Crippen molar-refractivity contribution in [3.05, 3.63) is 59.7 Å². The van der Waals surface area contributed by atoms with Crippen LogP contribution in [-0.2, 0) is 6.42 Å². The Bertz CT molecular complexity index is 780. The first-order valence-corrected chi connectivity index (χ1v) is 11.5. The van der Waals surface area contributed by atoms with Crippen molar-refractivity contribution in [3.63, 3.8) is 0 Å². The quantitative estimate of drug-likeness (QED) is 0.208. The van der Waals surface area contributed by atoms with Gasteiger partial charge in [-0.15, -0.1) is 0 Å². The van der Waals surface area contributed by atoms with E-state index in [0.717, 1.165) is 53.2 Å².